The molecule has 23 heavy (non-hydrogen) atoms. The molecule has 1 saturated carbocycles. The zero-order valence-electron chi connectivity index (χ0n) is 15.6. The van der Waals surface area contributed by atoms with Crippen LogP contribution < -0.4 is 0 Å². The molecule has 0 aromatic rings. The summed E-state index contributed by atoms with van der Waals surface area (Å²) in [7, 11) is 0. The summed E-state index contributed by atoms with van der Waals surface area (Å²) in [6.07, 6.45) is 19.8. The molecule has 0 atom stereocenters. The first kappa shape index (κ1) is 20.3. The van der Waals surface area contributed by atoms with Crippen molar-refractivity contribution in [3.63, 3.8) is 0 Å². The van der Waals surface area contributed by atoms with E-state index in [1.54, 1.807) is 0 Å². The van der Waals surface area contributed by atoms with Gasteiger partial charge in [0.05, 0.1) is 6.61 Å². The fourth-order valence-corrected chi connectivity index (χ4v) is 3.51. The average molecular weight is 323 g/mol. The molecular weight excluding hydrogens is 284 g/mol. The van der Waals surface area contributed by atoms with Crippen molar-refractivity contribution in [2.45, 2.75) is 110 Å². The molecule has 0 aromatic carbocycles. The zero-order chi connectivity index (χ0) is 16.8. The van der Waals surface area contributed by atoms with Gasteiger partial charge in [-0.1, -0.05) is 76.2 Å². The molecule has 2 nitrogen and oxygen atoms in total. The summed E-state index contributed by atoms with van der Waals surface area (Å²) in [5.41, 5.74) is 2.24. The topological polar surface area (TPSA) is 26.3 Å². The largest absolute Gasteiger partial charge is 0.463 e. The quantitative estimate of drug-likeness (QED) is 0.416. The van der Waals surface area contributed by atoms with Gasteiger partial charge < -0.3 is 4.74 Å². The van der Waals surface area contributed by atoms with Crippen LogP contribution in [0.3, 0.4) is 0 Å². The summed E-state index contributed by atoms with van der Waals surface area (Å²) >= 11 is 0. The highest BCUT2D eigenvalue weighted by Crippen LogP contribution is 2.23. The minimum atomic E-state index is -0.100. The monoisotopic (exact) mass is 322 g/mol. The maximum absolute atomic E-state index is 12.0. The summed E-state index contributed by atoms with van der Waals surface area (Å²) in [6, 6.07) is 0. The molecule has 0 spiro atoms. The summed E-state index contributed by atoms with van der Waals surface area (Å²) in [6.45, 7) is 4.32. The molecule has 0 amide bonds. The minimum absolute atomic E-state index is 0.100. The normalized spacial score (nSPS) is 20.0. The van der Waals surface area contributed by atoms with E-state index in [4.69, 9.17) is 4.74 Å². The lowest BCUT2D eigenvalue weighted by Gasteiger charge is -2.13. The molecule has 1 aliphatic carbocycles. The number of hydrogen-bond donors (Lipinski definition) is 0. The van der Waals surface area contributed by atoms with Gasteiger partial charge in [0.25, 0.3) is 0 Å². The highest BCUT2D eigenvalue weighted by atomic mass is 16.5. The van der Waals surface area contributed by atoms with Gasteiger partial charge in [0.2, 0.25) is 0 Å². The molecule has 0 aliphatic heterocycles. The fourth-order valence-electron chi connectivity index (χ4n) is 3.51. The van der Waals surface area contributed by atoms with Crippen LogP contribution in [0.2, 0.25) is 0 Å². The fraction of sp³-hybridized carbons (Fsp3) is 0.857. The van der Waals surface area contributed by atoms with Crippen molar-refractivity contribution in [1.29, 1.82) is 0 Å². The van der Waals surface area contributed by atoms with Crippen LogP contribution in [-0.4, -0.2) is 12.6 Å². The smallest absolute Gasteiger partial charge is 0.333 e. The first-order valence-electron chi connectivity index (χ1n) is 10.1. The zero-order valence-corrected chi connectivity index (χ0v) is 15.6. The van der Waals surface area contributed by atoms with E-state index in [2.05, 4.69) is 0 Å². The number of carbonyl (C=O) groups is 1. The van der Waals surface area contributed by atoms with Crippen LogP contribution >= 0.6 is 0 Å². The number of allylic oxidation sites excluding steroid dienone is 1. The molecule has 0 N–H and O–H groups in total. The van der Waals surface area contributed by atoms with Crippen LogP contribution in [0.15, 0.2) is 11.1 Å². The van der Waals surface area contributed by atoms with Gasteiger partial charge in [0.15, 0.2) is 0 Å². The van der Waals surface area contributed by atoms with Crippen molar-refractivity contribution in [3.8, 4) is 0 Å². The molecule has 0 radical (unpaired) electrons. The molecule has 2 heteroatoms. The lowest BCUT2D eigenvalue weighted by molar-refractivity contribution is -0.138. The van der Waals surface area contributed by atoms with Crippen molar-refractivity contribution >= 4 is 5.97 Å². The summed E-state index contributed by atoms with van der Waals surface area (Å²) in [4.78, 5) is 12.0. The van der Waals surface area contributed by atoms with Crippen LogP contribution in [0.4, 0.5) is 0 Å². The maximum Gasteiger partial charge on any atom is 0.333 e. The van der Waals surface area contributed by atoms with Crippen LogP contribution in [-0.2, 0) is 9.53 Å². The first-order valence-corrected chi connectivity index (χ1v) is 10.1. The van der Waals surface area contributed by atoms with Gasteiger partial charge in [-0.25, -0.2) is 4.79 Å². The van der Waals surface area contributed by atoms with Crippen LogP contribution in [0.25, 0.3) is 0 Å². The Labute approximate surface area is 144 Å². The third kappa shape index (κ3) is 9.84. The second kappa shape index (κ2) is 13.6. The van der Waals surface area contributed by atoms with E-state index in [0.717, 1.165) is 18.4 Å². The standard InChI is InChI=1S/C21H38O2/c1-3-23-21(22)19(2)20-17-15-13-11-9-7-5-4-6-8-10-12-14-16-18-20/h3-18H2,1-2H3. The summed E-state index contributed by atoms with van der Waals surface area (Å²) < 4.78 is 5.20. The number of ether oxygens (including phenoxy) is 1. The number of hydrogen-bond acceptors (Lipinski definition) is 2. The summed E-state index contributed by atoms with van der Waals surface area (Å²) in [5, 5.41) is 0. The molecule has 0 unspecified atom stereocenters. The van der Waals surface area contributed by atoms with E-state index < -0.39 is 0 Å². The molecular formula is C21H38O2. The van der Waals surface area contributed by atoms with Gasteiger partial charge in [-0.15, -0.1) is 0 Å². The van der Waals surface area contributed by atoms with Crippen LogP contribution in [0.5, 0.6) is 0 Å². The molecule has 1 rings (SSSR count). The van der Waals surface area contributed by atoms with E-state index in [9.17, 15) is 4.79 Å². The third-order valence-electron chi connectivity index (χ3n) is 5.07. The lowest BCUT2D eigenvalue weighted by atomic mass is 9.95. The van der Waals surface area contributed by atoms with Gasteiger partial charge >= 0.3 is 5.97 Å². The number of carbonyl (C=O) groups excluding carboxylic acids is 1. The van der Waals surface area contributed by atoms with E-state index >= 15 is 0 Å². The Hall–Kier alpha value is -0.790. The van der Waals surface area contributed by atoms with Gasteiger partial charge in [-0.2, -0.15) is 0 Å². The highest BCUT2D eigenvalue weighted by molar-refractivity contribution is 5.88. The molecule has 134 valence electrons. The van der Waals surface area contributed by atoms with Crippen molar-refractivity contribution in [3.05, 3.63) is 11.1 Å². The molecule has 0 aromatic heterocycles. The maximum atomic E-state index is 12.0. The lowest BCUT2D eigenvalue weighted by Crippen LogP contribution is -2.08. The molecule has 0 saturated heterocycles. The van der Waals surface area contributed by atoms with Crippen LogP contribution in [0.1, 0.15) is 110 Å². The van der Waals surface area contributed by atoms with Gasteiger partial charge in [0, 0.05) is 5.57 Å². The molecule has 0 heterocycles. The predicted molar refractivity (Wildman–Crippen MR) is 98.6 cm³/mol. The van der Waals surface area contributed by atoms with Crippen LogP contribution in [0, 0.1) is 0 Å². The first-order chi connectivity index (χ1) is 11.3. The summed E-state index contributed by atoms with van der Waals surface area (Å²) in [5.74, 6) is -0.100. The molecule has 1 aliphatic rings. The SMILES string of the molecule is CCOC(=O)C(C)=C1CCCCCCCCCCCCCCC1. The Bertz CT molecular complexity index is 326. The Balaban J connectivity index is 2.53. The Kier molecular flexibility index (Phi) is 12.0. The van der Waals surface area contributed by atoms with Crippen molar-refractivity contribution in [2.24, 2.45) is 0 Å². The second-order valence-corrected chi connectivity index (χ2v) is 7.05. The second-order valence-electron chi connectivity index (χ2n) is 7.05. The van der Waals surface area contributed by atoms with E-state index in [1.165, 1.54) is 89.0 Å². The molecule has 0 bridgehead atoms. The third-order valence-corrected chi connectivity index (χ3v) is 5.07. The van der Waals surface area contributed by atoms with Crippen molar-refractivity contribution < 1.29 is 9.53 Å². The number of esters is 1. The number of rotatable bonds is 2. The Morgan fingerprint density at radius 2 is 1.09 bits per heavy atom. The Morgan fingerprint density at radius 3 is 1.43 bits per heavy atom. The van der Waals surface area contributed by atoms with Gasteiger partial charge in [-0.05, 0) is 39.5 Å². The van der Waals surface area contributed by atoms with Gasteiger partial charge in [0.1, 0.15) is 0 Å². The predicted octanol–water partition coefficient (Wildman–Crippen LogP) is 6.73. The van der Waals surface area contributed by atoms with Crippen molar-refractivity contribution in [1.82, 2.24) is 0 Å². The van der Waals surface area contributed by atoms with E-state index in [0.29, 0.717) is 6.61 Å². The van der Waals surface area contributed by atoms with Crippen molar-refractivity contribution in [2.75, 3.05) is 6.61 Å². The van der Waals surface area contributed by atoms with E-state index in [-0.39, 0.29) is 5.97 Å². The highest BCUT2D eigenvalue weighted by Gasteiger charge is 2.11. The minimum Gasteiger partial charge on any atom is -0.463 e. The average Bonchev–Trinajstić information content (AvgIpc) is 2.54. The Morgan fingerprint density at radius 1 is 0.739 bits per heavy atom. The molecule has 1 fully saturated rings. The van der Waals surface area contributed by atoms with E-state index in [1.807, 2.05) is 13.8 Å². The van der Waals surface area contributed by atoms with Gasteiger partial charge in [-0.3, -0.25) is 0 Å².